The van der Waals surface area contributed by atoms with Crippen molar-refractivity contribution in [1.29, 1.82) is 0 Å². The van der Waals surface area contributed by atoms with Crippen LogP contribution < -0.4 is 5.73 Å². The van der Waals surface area contributed by atoms with Crippen LogP contribution in [0.3, 0.4) is 0 Å². The van der Waals surface area contributed by atoms with E-state index in [0.29, 0.717) is 18.2 Å². The molecule has 4 heterocycles. The first-order valence-corrected chi connectivity index (χ1v) is 9.88. The molecule has 1 aliphatic rings. The highest BCUT2D eigenvalue weighted by Crippen LogP contribution is 2.28. The van der Waals surface area contributed by atoms with Crippen molar-refractivity contribution in [2.24, 2.45) is 0 Å². The molecule has 0 radical (unpaired) electrons. The second-order valence-corrected chi connectivity index (χ2v) is 7.58. The highest BCUT2D eigenvalue weighted by Gasteiger charge is 2.26. The van der Waals surface area contributed by atoms with E-state index in [1.807, 2.05) is 31.0 Å². The number of carbonyl (C=O) groups is 1. The van der Waals surface area contributed by atoms with Crippen LogP contribution in [-0.2, 0) is 11.2 Å². The highest BCUT2D eigenvalue weighted by molar-refractivity contribution is 5.79. The Morgan fingerprint density at radius 3 is 2.34 bits per heavy atom. The number of pyridine rings is 2. The molecule has 1 aliphatic heterocycles. The summed E-state index contributed by atoms with van der Waals surface area (Å²) in [6, 6.07) is 7.89. The second kappa shape index (κ2) is 8.03. The Morgan fingerprint density at radius 1 is 1.10 bits per heavy atom. The molecule has 1 saturated heterocycles. The molecule has 3 aromatic rings. The SMILES string of the molecule is Cc1noc(C)c1CC(=O)N1CCC(c2ccc(-c3ccc(N)nc3)cn2)CC1. The standard InChI is InChI=1S/C22H25N5O2/c1-14-19(15(2)29-26-14)11-22(28)27-9-7-16(8-10-27)20-5-3-17(12-24-20)18-4-6-21(23)25-13-18/h3-6,12-13,16H,7-11H2,1-2H3,(H2,23,25). The predicted molar refractivity (Wildman–Crippen MR) is 110 cm³/mol. The van der Waals surface area contributed by atoms with Crippen LogP contribution >= 0.6 is 0 Å². The average Bonchev–Trinajstić information content (AvgIpc) is 3.06. The van der Waals surface area contributed by atoms with Crippen LogP contribution in [0.1, 0.15) is 41.5 Å². The van der Waals surface area contributed by atoms with E-state index in [2.05, 4.69) is 27.3 Å². The van der Waals surface area contributed by atoms with Crippen molar-refractivity contribution in [3.8, 4) is 11.1 Å². The lowest BCUT2D eigenvalue weighted by atomic mass is 9.92. The first-order chi connectivity index (χ1) is 14.0. The van der Waals surface area contributed by atoms with Crippen LogP contribution in [0.4, 0.5) is 5.82 Å². The summed E-state index contributed by atoms with van der Waals surface area (Å²) in [5, 5.41) is 3.94. The average molecular weight is 391 g/mol. The lowest BCUT2D eigenvalue weighted by Crippen LogP contribution is -2.39. The molecule has 0 unspecified atom stereocenters. The van der Waals surface area contributed by atoms with E-state index < -0.39 is 0 Å². The zero-order chi connectivity index (χ0) is 20.4. The van der Waals surface area contributed by atoms with E-state index in [4.69, 9.17) is 10.3 Å². The molecular weight excluding hydrogens is 366 g/mol. The molecule has 2 N–H and O–H groups in total. The van der Waals surface area contributed by atoms with Gasteiger partial charge < -0.3 is 15.2 Å². The van der Waals surface area contributed by atoms with Gasteiger partial charge in [-0.15, -0.1) is 0 Å². The molecule has 0 bridgehead atoms. The molecule has 4 rings (SSSR count). The van der Waals surface area contributed by atoms with E-state index in [-0.39, 0.29) is 5.91 Å². The van der Waals surface area contributed by atoms with Gasteiger partial charge in [0, 0.05) is 53.8 Å². The van der Waals surface area contributed by atoms with Gasteiger partial charge in [0.15, 0.2) is 0 Å². The molecule has 1 fully saturated rings. The summed E-state index contributed by atoms with van der Waals surface area (Å²) in [7, 11) is 0. The van der Waals surface area contributed by atoms with E-state index >= 15 is 0 Å². The van der Waals surface area contributed by atoms with Gasteiger partial charge in [0.2, 0.25) is 5.91 Å². The molecule has 29 heavy (non-hydrogen) atoms. The summed E-state index contributed by atoms with van der Waals surface area (Å²) in [6.07, 6.45) is 5.84. The first kappa shape index (κ1) is 19.1. The lowest BCUT2D eigenvalue weighted by Gasteiger charge is -2.32. The minimum absolute atomic E-state index is 0.136. The monoisotopic (exact) mass is 391 g/mol. The fraction of sp³-hybridized carbons (Fsp3) is 0.364. The van der Waals surface area contributed by atoms with Crippen LogP contribution in [-0.4, -0.2) is 39.0 Å². The number of carbonyl (C=O) groups excluding carboxylic acids is 1. The Labute approximate surface area is 169 Å². The molecule has 3 aromatic heterocycles. The quantitative estimate of drug-likeness (QED) is 0.733. The number of piperidine rings is 1. The van der Waals surface area contributed by atoms with E-state index in [9.17, 15) is 4.79 Å². The van der Waals surface area contributed by atoms with Crippen molar-refractivity contribution in [3.05, 3.63) is 59.4 Å². The first-order valence-electron chi connectivity index (χ1n) is 9.88. The molecule has 7 nitrogen and oxygen atoms in total. The van der Waals surface area contributed by atoms with Gasteiger partial charge in [-0.3, -0.25) is 9.78 Å². The van der Waals surface area contributed by atoms with Crippen molar-refractivity contribution < 1.29 is 9.32 Å². The molecule has 0 atom stereocenters. The molecule has 1 amide bonds. The maximum Gasteiger partial charge on any atom is 0.227 e. The smallest absolute Gasteiger partial charge is 0.227 e. The molecule has 0 saturated carbocycles. The van der Waals surface area contributed by atoms with E-state index in [1.54, 1.807) is 12.3 Å². The summed E-state index contributed by atoms with van der Waals surface area (Å²) < 4.78 is 5.17. The zero-order valence-corrected chi connectivity index (χ0v) is 16.8. The predicted octanol–water partition coefficient (Wildman–Crippen LogP) is 3.28. The third-order valence-electron chi connectivity index (χ3n) is 5.68. The number of amides is 1. The summed E-state index contributed by atoms with van der Waals surface area (Å²) in [6.45, 7) is 5.22. The summed E-state index contributed by atoms with van der Waals surface area (Å²) in [4.78, 5) is 23.4. The van der Waals surface area contributed by atoms with Crippen LogP contribution in [0.5, 0.6) is 0 Å². The molecule has 0 spiro atoms. The highest BCUT2D eigenvalue weighted by atomic mass is 16.5. The van der Waals surface area contributed by atoms with Gasteiger partial charge >= 0.3 is 0 Å². The van der Waals surface area contributed by atoms with Crippen LogP contribution in [0.2, 0.25) is 0 Å². The number of rotatable bonds is 4. The number of likely N-dealkylation sites (tertiary alicyclic amines) is 1. The number of aromatic nitrogens is 3. The van der Waals surface area contributed by atoms with Crippen LogP contribution in [0.15, 0.2) is 41.2 Å². The normalized spacial score (nSPS) is 14.9. The van der Waals surface area contributed by atoms with Gasteiger partial charge in [0.25, 0.3) is 0 Å². The molecule has 0 aromatic carbocycles. The third kappa shape index (κ3) is 4.13. The van der Waals surface area contributed by atoms with Gasteiger partial charge in [-0.25, -0.2) is 4.98 Å². The molecule has 150 valence electrons. The Morgan fingerprint density at radius 2 is 1.79 bits per heavy atom. The van der Waals surface area contributed by atoms with Gasteiger partial charge in [-0.1, -0.05) is 11.2 Å². The van der Waals surface area contributed by atoms with E-state index in [0.717, 1.165) is 59.8 Å². The molecular formula is C22H25N5O2. The number of nitrogens with zero attached hydrogens (tertiary/aromatic N) is 4. The Kier molecular flexibility index (Phi) is 5.29. The Hall–Kier alpha value is -3.22. The summed E-state index contributed by atoms with van der Waals surface area (Å²) in [5.74, 6) is 1.74. The fourth-order valence-electron chi connectivity index (χ4n) is 3.84. The maximum absolute atomic E-state index is 12.7. The largest absolute Gasteiger partial charge is 0.384 e. The molecule has 0 aliphatic carbocycles. The van der Waals surface area contributed by atoms with Crippen LogP contribution in [0, 0.1) is 13.8 Å². The summed E-state index contributed by atoms with van der Waals surface area (Å²) >= 11 is 0. The number of nitrogens with two attached hydrogens (primary N) is 1. The van der Waals surface area contributed by atoms with Crippen molar-refractivity contribution in [3.63, 3.8) is 0 Å². The number of hydrogen-bond donors (Lipinski definition) is 1. The van der Waals surface area contributed by atoms with Gasteiger partial charge in [0.05, 0.1) is 12.1 Å². The fourth-order valence-corrected chi connectivity index (χ4v) is 3.84. The van der Waals surface area contributed by atoms with Crippen LogP contribution in [0.25, 0.3) is 11.1 Å². The minimum atomic E-state index is 0.136. The topological polar surface area (TPSA) is 98.1 Å². The van der Waals surface area contributed by atoms with Crippen molar-refractivity contribution in [2.45, 2.75) is 39.0 Å². The van der Waals surface area contributed by atoms with Gasteiger partial charge in [-0.05, 0) is 44.9 Å². The lowest BCUT2D eigenvalue weighted by molar-refractivity contribution is -0.131. The van der Waals surface area contributed by atoms with Crippen molar-refractivity contribution in [2.75, 3.05) is 18.8 Å². The van der Waals surface area contributed by atoms with Gasteiger partial charge in [-0.2, -0.15) is 0 Å². The third-order valence-corrected chi connectivity index (χ3v) is 5.68. The minimum Gasteiger partial charge on any atom is -0.384 e. The Balaban J connectivity index is 1.35. The second-order valence-electron chi connectivity index (χ2n) is 7.58. The summed E-state index contributed by atoms with van der Waals surface area (Å²) in [5.41, 5.74) is 10.5. The number of hydrogen-bond acceptors (Lipinski definition) is 6. The number of aryl methyl sites for hydroxylation is 2. The maximum atomic E-state index is 12.7. The zero-order valence-electron chi connectivity index (χ0n) is 16.8. The number of anilines is 1. The van der Waals surface area contributed by atoms with Crippen molar-refractivity contribution in [1.82, 2.24) is 20.0 Å². The number of nitrogen functional groups attached to an aromatic ring is 1. The van der Waals surface area contributed by atoms with E-state index in [1.165, 1.54) is 0 Å². The van der Waals surface area contributed by atoms with Crippen molar-refractivity contribution >= 4 is 11.7 Å². The van der Waals surface area contributed by atoms with Gasteiger partial charge in [0.1, 0.15) is 11.6 Å². The molecule has 7 heteroatoms. The Bertz CT molecular complexity index is 968.